The van der Waals surface area contributed by atoms with Gasteiger partial charge in [-0.1, -0.05) is 0 Å². The van der Waals surface area contributed by atoms with Crippen molar-refractivity contribution in [2.45, 2.75) is 20.3 Å². The Balaban J connectivity index is 1.73. The summed E-state index contributed by atoms with van der Waals surface area (Å²) in [5.74, 6) is 0.521. The Bertz CT molecular complexity index is 1020. The van der Waals surface area contributed by atoms with Crippen LogP contribution in [0.4, 0.5) is 11.5 Å². The number of rotatable bonds is 4. The molecule has 3 aromatic heterocycles. The van der Waals surface area contributed by atoms with Gasteiger partial charge >= 0.3 is 5.97 Å². The summed E-state index contributed by atoms with van der Waals surface area (Å²) in [5.41, 5.74) is 2.97. The van der Waals surface area contributed by atoms with Gasteiger partial charge in [-0.05, 0) is 32.4 Å². The molecule has 0 saturated carbocycles. The quantitative estimate of drug-likeness (QED) is 0.620. The van der Waals surface area contributed by atoms with Crippen LogP contribution in [0.1, 0.15) is 29.4 Å². The summed E-state index contributed by atoms with van der Waals surface area (Å²) in [6.45, 7) is 7.31. The van der Waals surface area contributed by atoms with Crippen LogP contribution >= 0.6 is 0 Å². The number of hydrogen-bond donors (Lipinski definition) is 0. The van der Waals surface area contributed by atoms with Crippen molar-refractivity contribution in [3.8, 4) is 0 Å². The molecule has 0 amide bonds. The number of aryl methyl sites for hydroxylation is 2. The fourth-order valence-electron chi connectivity index (χ4n) is 3.91. The first-order valence-electron chi connectivity index (χ1n) is 9.87. The van der Waals surface area contributed by atoms with Crippen molar-refractivity contribution in [3.63, 3.8) is 0 Å². The molecular formula is C20H25N7O2. The third-order valence-electron chi connectivity index (χ3n) is 5.19. The zero-order chi connectivity index (χ0) is 20.4. The third kappa shape index (κ3) is 3.59. The van der Waals surface area contributed by atoms with Gasteiger partial charge < -0.3 is 14.5 Å². The number of aromatic nitrogens is 5. The minimum absolute atomic E-state index is 0.322. The summed E-state index contributed by atoms with van der Waals surface area (Å²) in [4.78, 5) is 21.7. The average molecular weight is 395 g/mol. The smallest absolute Gasteiger partial charge is 0.341 e. The van der Waals surface area contributed by atoms with Crippen molar-refractivity contribution in [2.24, 2.45) is 7.05 Å². The van der Waals surface area contributed by atoms with Crippen LogP contribution in [0.25, 0.3) is 11.0 Å². The molecule has 1 saturated heterocycles. The largest absolute Gasteiger partial charge is 0.462 e. The molecule has 1 aliphatic rings. The van der Waals surface area contributed by atoms with Crippen LogP contribution < -0.4 is 9.80 Å². The molecule has 0 unspecified atom stereocenters. The highest BCUT2D eigenvalue weighted by molar-refractivity contribution is 6.05. The van der Waals surface area contributed by atoms with Crippen molar-refractivity contribution in [2.75, 3.05) is 42.6 Å². The lowest BCUT2D eigenvalue weighted by molar-refractivity contribution is 0.0527. The summed E-state index contributed by atoms with van der Waals surface area (Å²) in [7, 11) is 1.87. The molecule has 0 radical (unpaired) electrons. The SMILES string of the molecule is CCOC(=O)c1cnc2c(c(C)nn2C)c1N1CCCN(c2cccnn2)CC1. The van der Waals surface area contributed by atoms with E-state index in [0.29, 0.717) is 12.2 Å². The Morgan fingerprint density at radius 3 is 2.76 bits per heavy atom. The molecule has 9 heteroatoms. The molecule has 0 N–H and O–H groups in total. The number of hydrogen-bond acceptors (Lipinski definition) is 8. The van der Waals surface area contributed by atoms with Crippen LogP contribution in [0.15, 0.2) is 24.5 Å². The maximum absolute atomic E-state index is 12.7. The zero-order valence-electron chi connectivity index (χ0n) is 17.0. The van der Waals surface area contributed by atoms with Crippen LogP contribution in [-0.4, -0.2) is 63.7 Å². The van der Waals surface area contributed by atoms with Gasteiger partial charge in [-0.15, -0.1) is 5.10 Å². The van der Waals surface area contributed by atoms with Crippen LogP contribution in [0.5, 0.6) is 0 Å². The van der Waals surface area contributed by atoms with E-state index in [-0.39, 0.29) is 5.97 Å². The molecule has 0 bridgehead atoms. The Kier molecular flexibility index (Phi) is 5.28. The van der Waals surface area contributed by atoms with Gasteiger partial charge in [-0.2, -0.15) is 10.2 Å². The first-order valence-corrected chi connectivity index (χ1v) is 9.87. The fraction of sp³-hybridized carbons (Fsp3) is 0.450. The molecule has 0 aromatic carbocycles. The highest BCUT2D eigenvalue weighted by atomic mass is 16.5. The van der Waals surface area contributed by atoms with Gasteiger partial charge in [0.15, 0.2) is 11.5 Å². The lowest BCUT2D eigenvalue weighted by Crippen LogP contribution is -2.32. The van der Waals surface area contributed by atoms with Gasteiger partial charge in [-0.25, -0.2) is 9.78 Å². The second-order valence-electron chi connectivity index (χ2n) is 7.06. The monoisotopic (exact) mass is 395 g/mol. The van der Waals surface area contributed by atoms with E-state index in [1.54, 1.807) is 17.1 Å². The average Bonchev–Trinajstić information content (AvgIpc) is 2.90. The summed E-state index contributed by atoms with van der Waals surface area (Å²) < 4.78 is 7.07. The van der Waals surface area contributed by atoms with Gasteiger partial charge in [0.25, 0.3) is 0 Å². The van der Waals surface area contributed by atoms with Gasteiger partial charge in [0.05, 0.1) is 23.4 Å². The second-order valence-corrected chi connectivity index (χ2v) is 7.06. The van der Waals surface area contributed by atoms with Crippen LogP contribution in [0.2, 0.25) is 0 Å². The van der Waals surface area contributed by atoms with Crippen LogP contribution in [0, 0.1) is 6.92 Å². The van der Waals surface area contributed by atoms with Crippen molar-refractivity contribution >= 4 is 28.5 Å². The van der Waals surface area contributed by atoms with Gasteiger partial charge in [0, 0.05) is 45.6 Å². The lowest BCUT2D eigenvalue weighted by atomic mass is 10.1. The maximum Gasteiger partial charge on any atom is 0.341 e. The summed E-state index contributed by atoms with van der Waals surface area (Å²) in [6, 6.07) is 3.87. The number of nitrogens with zero attached hydrogens (tertiary/aromatic N) is 7. The molecule has 29 heavy (non-hydrogen) atoms. The molecule has 4 rings (SSSR count). The van der Waals surface area contributed by atoms with Crippen molar-refractivity contribution in [1.82, 2.24) is 25.0 Å². The Morgan fingerprint density at radius 2 is 2.00 bits per heavy atom. The Labute approximate surface area is 169 Å². The van der Waals surface area contributed by atoms with E-state index in [1.807, 2.05) is 33.0 Å². The van der Waals surface area contributed by atoms with E-state index in [4.69, 9.17) is 4.74 Å². The summed E-state index contributed by atoms with van der Waals surface area (Å²) in [5, 5.41) is 13.7. The predicted molar refractivity (Wildman–Crippen MR) is 110 cm³/mol. The highest BCUT2D eigenvalue weighted by Crippen LogP contribution is 2.33. The standard InChI is InChI=1S/C20H25N7O2/c1-4-29-20(28)15-13-21-19-17(14(2)24-25(19)3)18(15)27-10-6-9-26(11-12-27)16-7-5-8-22-23-16/h5,7-8,13H,4,6,9-12H2,1-3H3. The number of pyridine rings is 1. The molecule has 1 aliphatic heterocycles. The number of carbonyl (C=O) groups excluding carboxylic acids is 1. The summed E-state index contributed by atoms with van der Waals surface area (Å²) in [6.07, 6.45) is 4.22. The number of esters is 1. The normalized spacial score (nSPS) is 14.9. The molecule has 3 aromatic rings. The number of anilines is 2. The molecule has 0 aliphatic carbocycles. The fourth-order valence-corrected chi connectivity index (χ4v) is 3.91. The number of fused-ring (bicyclic) bond motifs is 1. The van der Waals surface area contributed by atoms with Crippen molar-refractivity contribution in [3.05, 3.63) is 35.8 Å². The van der Waals surface area contributed by atoms with Crippen LogP contribution in [0.3, 0.4) is 0 Å². The van der Waals surface area contributed by atoms with E-state index in [2.05, 4.69) is 30.1 Å². The van der Waals surface area contributed by atoms with E-state index >= 15 is 0 Å². The van der Waals surface area contributed by atoms with Crippen LogP contribution in [-0.2, 0) is 11.8 Å². The van der Waals surface area contributed by atoms with E-state index < -0.39 is 0 Å². The number of carbonyl (C=O) groups is 1. The maximum atomic E-state index is 12.7. The summed E-state index contributed by atoms with van der Waals surface area (Å²) >= 11 is 0. The highest BCUT2D eigenvalue weighted by Gasteiger charge is 2.26. The van der Waals surface area contributed by atoms with E-state index in [1.165, 1.54) is 0 Å². The van der Waals surface area contributed by atoms with Gasteiger partial charge in [0.2, 0.25) is 0 Å². The topological polar surface area (TPSA) is 89.3 Å². The minimum atomic E-state index is -0.352. The first kappa shape index (κ1) is 19.1. The predicted octanol–water partition coefficient (Wildman–Crippen LogP) is 1.96. The van der Waals surface area contributed by atoms with Crippen molar-refractivity contribution < 1.29 is 9.53 Å². The van der Waals surface area contributed by atoms with E-state index in [0.717, 1.165) is 60.8 Å². The number of ether oxygens (including phenoxy) is 1. The van der Waals surface area contributed by atoms with Crippen molar-refractivity contribution in [1.29, 1.82) is 0 Å². The molecule has 9 nitrogen and oxygen atoms in total. The first-order chi connectivity index (χ1) is 14.1. The molecule has 4 heterocycles. The van der Waals surface area contributed by atoms with E-state index in [9.17, 15) is 4.79 Å². The molecule has 1 fully saturated rings. The lowest BCUT2D eigenvalue weighted by Gasteiger charge is -2.26. The Hall–Kier alpha value is -3.23. The van der Waals surface area contributed by atoms with Gasteiger partial charge in [0.1, 0.15) is 5.56 Å². The minimum Gasteiger partial charge on any atom is -0.462 e. The molecular weight excluding hydrogens is 370 g/mol. The molecule has 0 spiro atoms. The Morgan fingerprint density at radius 1 is 1.21 bits per heavy atom. The third-order valence-corrected chi connectivity index (χ3v) is 5.19. The molecule has 0 atom stereocenters. The zero-order valence-corrected chi connectivity index (χ0v) is 17.0. The van der Waals surface area contributed by atoms with Gasteiger partial charge in [-0.3, -0.25) is 4.68 Å². The second kappa shape index (κ2) is 8.02. The molecule has 152 valence electrons.